The van der Waals surface area contributed by atoms with Gasteiger partial charge in [-0.25, -0.2) is 9.97 Å². The molecular weight excluding hydrogens is 677 g/mol. The molecule has 1 unspecified atom stereocenters. The zero-order valence-corrected chi connectivity index (χ0v) is 26.8. The van der Waals surface area contributed by atoms with E-state index >= 15 is 0 Å². The first-order chi connectivity index (χ1) is 22.7. The van der Waals surface area contributed by atoms with Crippen molar-refractivity contribution in [2.45, 2.75) is 38.3 Å². The van der Waals surface area contributed by atoms with Gasteiger partial charge in [-0.15, -0.1) is 0 Å². The van der Waals surface area contributed by atoms with Crippen LogP contribution in [0.2, 0.25) is 0 Å². The Bertz CT molecular complexity index is 1730. The van der Waals surface area contributed by atoms with Gasteiger partial charge in [-0.3, -0.25) is 9.78 Å². The summed E-state index contributed by atoms with van der Waals surface area (Å²) in [4.78, 5) is 97.0. The summed E-state index contributed by atoms with van der Waals surface area (Å²) in [5.74, 6) is -2.92. The number of carbonyl (C=O) groups excluding carboxylic acids is 6. The number of carbonyl (C=O) groups is 6. The number of rotatable bonds is 18. The Morgan fingerprint density at radius 2 is 1.67 bits per heavy atom. The first kappa shape index (κ1) is 37.2. The number of aromatic nitrogens is 4. The molecule has 20 nitrogen and oxygen atoms in total. The molecule has 0 bridgehead atoms. The summed E-state index contributed by atoms with van der Waals surface area (Å²) in [6.45, 7) is -5.14. The minimum atomic E-state index is -5.12. The number of amides is 3. The maximum Gasteiger partial charge on any atom is 0.280 e. The molecule has 0 spiro atoms. The van der Waals surface area contributed by atoms with E-state index in [2.05, 4.69) is 41.2 Å². The molecule has 0 aliphatic rings. The molecule has 2 heterocycles. The molecule has 1 atom stereocenters. The summed E-state index contributed by atoms with van der Waals surface area (Å²) in [7, 11) is 0. The number of anilines is 2. The average Bonchev–Trinajstić information content (AvgIpc) is 3.01. The molecule has 0 saturated carbocycles. The SMILES string of the molecule is Nc1nc2ncc(NCc3ccc(C(=O)NC(C=O)CCC(=O)NCCC(=O)OP(N)(N)(Cl)OC(=O)CCNC=O)cc3)nc2c(=O)[nH]1. The number of aldehydes is 1. The van der Waals surface area contributed by atoms with E-state index in [0.29, 0.717) is 18.5 Å². The van der Waals surface area contributed by atoms with Gasteiger partial charge < -0.3 is 11.1 Å². The van der Waals surface area contributed by atoms with E-state index in [1.807, 2.05) is 0 Å². The van der Waals surface area contributed by atoms with E-state index in [-0.39, 0.29) is 61.6 Å². The van der Waals surface area contributed by atoms with Crippen molar-refractivity contribution in [3.8, 4) is 0 Å². The fraction of sp³-hybridized carbons (Fsp3) is 0.308. The maximum atomic E-state index is 12.7. The predicted molar refractivity (Wildman–Crippen MR) is 172 cm³/mol. The van der Waals surface area contributed by atoms with Gasteiger partial charge in [0.2, 0.25) is 5.95 Å². The van der Waals surface area contributed by atoms with Crippen LogP contribution in [0.4, 0.5) is 11.8 Å². The van der Waals surface area contributed by atoms with Crippen LogP contribution in [0.5, 0.6) is 0 Å². The Balaban J connectivity index is 1.39. The number of benzene rings is 1. The van der Waals surface area contributed by atoms with Crippen molar-refractivity contribution in [2.24, 2.45) is 11.0 Å². The Morgan fingerprint density at radius 3 is 2.31 bits per heavy atom. The van der Waals surface area contributed by atoms with E-state index < -0.39 is 48.5 Å². The number of H-pyrrole nitrogens is 1. The number of fused-ring (bicyclic) bond motifs is 1. The monoisotopic (exact) mass is 709 g/mol. The van der Waals surface area contributed by atoms with Gasteiger partial charge >= 0.3 is 170 Å². The fourth-order valence-corrected chi connectivity index (χ4v) is 5.30. The maximum absolute atomic E-state index is 12.7. The van der Waals surface area contributed by atoms with Gasteiger partial charge in [-0.05, 0) is 17.7 Å². The summed E-state index contributed by atoms with van der Waals surface area (Å²) in [5.41, 5.74) is 17.2. The first-order valence-electron chi connectivity index (χ1n) is 14.0. The van der Waals surface area contributed by atoms with E-state index in [1.165, 1.54) is 6.20 Å². The first-order valence-corrected chi connectivity index (χ1v) is 17.1. The van der Waals surface area contributed by atoms with Gasteiger partial charge in [0.05, 0.1) is 6.20 Å². The van der Waals surface area contributed by atoms with Crippen molar-refractivity contribution in [3.63, 3.8) is 0 Å². The molecule has 1 aromatic carbocycles. The number of nitrogens with zero attached hydrogens (tertiary/aromatic N) is 3. The number of hydrogen-bond donors (Lipinski definition) is 8. The molecule has 0 fully saturated rings. The van der Waals surface area contributed by atoms with Crippen LogP contribution >= 0.6 is 18.0 Å². The predicted octanol–water partition coefficient (Wildman–Crippen LogP) is -1.00. The van der Waals surface area contributed by atoms with E-state index in [0.717, 1.165) is 5.56 Å². The third-order valence-electron chi connectivity index (χ3n) is 6.06. The van der Waals surface area contributed by atoms with Crippen molar-refractivity contribution in [1.29, 1.82) is 0 Å². The second-order valence-corrected chi connectivity index (χ2v) is 14.3. The summed E-state index contributed by atoms with van der Waals surface area (Å²) in [5, 5.41) is 10.2. The molecule has 3 amide bonds. The summed E-state index contributed by atoms with van der Waals surface area (Å²) in [6.07, 6.45) is 1.27. The van der Waals surface area contributed by atoms with Crippen molar-refractivity contribution < 1.29 is 37.8 Å². The van der Waals surface area contributed by atoms with Crippen LogP contribution in [-0.4, -0.2) is 75.5 Å². The van der Waals surface area contributed by atoms with Gasteiger partial charge in [-0.2, -0.15) is 4.98 Å². The Hall–Kier alpha value is -5.30. The van der Waals surface area contributed by atoms with Crippen LogP contribution in [0.1, 0.15) is 41.6 Å². The topological polar surface area (TPSA) is 319 Å². The largest absolute Gasteiger partial charge is 0.291 e. The summed E-state index contributed by atoms with van der Waals surface area (Å²) in [6, 6.07) is 5.44. The van der Waals surface area contributed by atoms with E-state index in [4.69, 9.17) is 37.0 Å². The molecule has 11 N–H and O–H groups in total. The Kier molecular flexibility index (Phi) is 12.8. The van der Waals surface area contributed by atoms with Crippen molar-refractivity contribution >= 4 is 77.3 Å². The minimum Gasteiger partial charge on any atom is -0.291 e. The molecule has 258 valence electrons. The molecule has 0 radical (unpaired) electrons. The molecular formula is C26H33ClN11O9P. The van der Waals surface area contributed by atoms with Crippen LogP contribution in [0, 0.1) is 0 Å². The minimum absolute atomic E-state index is 0.0180. The number of halogens is 1. The standard InChI is InChI=1S/C26H33ClN11O9P/c27-48(29,30,46-20(42)7-9-31-14-40)47-21(43)8-10-32-19(41)6-5-17(13-39)35-24(44)16-3-1-15(2-4-16)11-33-18-12-34-23-22(36-18)25(45)38-26(28)37-23/h1-4,12-14,17H,5-11,29-30H2,(H,31,40)(H,32,41)(H,33,36)(H,35,44)(H3,28,34,37,38,45). The van der Waals surface area contributed by atoms with Gasteiger partial charge in [0, 0.05) is 6.54 Å². The number of hydrogen-bond acceptors (Lipinski definition) is 16. The van der Waals surface area contributed by atoms with Crippen LogP contribution in [0.15, 0.2) is 35.3 Å². The van der Waals surface area contributed by atoms with Crippen LogP contribution in [0.25, 0.3) is 11.2 Å². The molecule has 2 aromatic heterocycles. The zero-order valence-electron chi connectivity index (χ0n) is 25.1. The second kappa shape index (κ2) is 16.5. The normalized spacial score (nSPS) is 12.4. The van der Waals surface area contributed by atoms with Crippen molar-refractivity contribution in [1.82, 2.24) is 35.9 Å². The molecule has 22 heteroatoms. The van der Waals surface area contributed by atoms with Gasteiger partial charge in [0.25, 0.3) is 5.56 Å². The summed E-state index contributed by atoms with van der Waals surface area (Å²) < 4.78 is 9.46. The fourth-order valence-electron chi connectivity index (χ4n) is 3.83. The molecule has 3 aromatic rings. The molecule has 0 saturated heterocycles. The number of nitrogen functional groups attached to an aromatic ring is 1. The number of aromatic amines is 1. The van der Waals surface area contributed by atoms with E-state index in [1.54, 1.807) is 24.3 Å². The molecule has 0 aliphatic carbocycles. The Morgan fingerprint density at radius 1 is 1.00 bits per heavy atom. The van der Waals surface area contributed by atoms with Crippen molar-refractivity contribution in [3.05, 3.63) is 51.9 Å². The Labute approximate surface area is 276 Å². The number of nitrogens with one attached hydrogen (secondary N) is 5. The zero-order chi connectivity index (χ0) is 35.3. The average molecular weight is 710 g/mol. The number of nitrogens with two attached hydrogens (primary N) is 3. The van der Waals surface area contributed by atoms with Gasteiger partial charge in [0.15, 0.2) is 11.2 Å². The van der Waals surface area contributed by atoms with E-state index in [9.17, 15) is 33.6 Å². The molecule has 0 aliphatic heterocycles. The van der Waals surface area contributed by atoms with Gasteiger partial charge in [0.1, 0.15) is 5.82 Å². The van der Waals surface area contributed by atoms with Crippen molar-refractivity contribution in [2.75, 3.05) is 24.1 Å². The van der Waals surface area contributed by atoms with Crippen LogP contribution < -0.4 is 43.6 Å². The third-order valence-corrected chi connectivity index (χ3v) is 7.59. The third kappa shape index (κ3) is 12.1. The van der Waals surface area contributed by atoms with Crippen LogP contribution in [-0.2, 0) is 39.6 Å². The summed E-state index contributed by atoms with van der Waals surface area (Å²) >= 11 is 5.82. The second-order valence-electron chi connectivity index (χ2n) is 10.0. The quantitative estimate of drug-likeness (QED) is 0.0446. The molecule has 3 rings (SSSR count). The van der Waals surface area contributed by atoms with Gasteiger partial charge in [-0.1, -0.05) is 12.1 Å². The smallest absolute Gasteiger partial charge is 0.280 e. The molecule has 48 heavy (non-hydrogen) atoms. The van der Waals surface area contributed by atoms with Crippen LogP contribution in [0.3, 0.4) is 0 Å².